The quantitative estimate of drug-likeness (QED) is 0.887. The van der Waals surface area contributed by atoms with Gasteiger partial charge < -0.3 is 10.0 Å². The molecule has 0 radical (unpaired) electrons. The highest BCUT2D eigenvalue weighted by molar-refractivity contribution is 5.48. The number of aliphatic hydroxyl groups is 1. The van der Waals surface area contributed by atoms with Crippen molar-refractivity contribution in [1.82, 2.24) is 4.90 Å². The summed E-state index contributed by atoms with van der Waals surface area (Å²) in [5, 5.41) is 9.10. The SMILES string of the molecule is CC1CN(C)C(CCO)CN1c1ccc(F)cc1. The van der Waals surface area contributed by atoms with Crippen molar-refractivity contribution in [3.05, 3.63) is 30.1 Å². The molecule has 2 unspecified atom stereocenters. The van der Waals surface area contributed by atoms with Crippen LogP contribution in [0.3, 0.4) is 0 Å². The summed E-state index contributed by atoms with van der Waals surface area (Å²) in [5.74, 6) is -0.201. The van der Waals surface area contributed by atoms with Gasteiger partial charge >= 0.3 is 0 Å². The van der Waals surface area contributed by atoms with Crippen molar-refractivity contribution >= 4 is 5.69 Å². The molecule has 0 bridgehead atoms. The van der Waals surface area contributed by atoms with Crippen molar-refractivity contribution in [1.29, 1.82) is 0 Å². The van der Waals surface area contributed by atoms with E-state index < -0.39 is 0 Å². The predicted molar refractivity (Wildman–Crippen MR) is 71.3 cm³/mol. The zero-order valence-corrected chi connectivity index (χ0v) is 11.0. The Morgan fingerprint density at radius 1 is 1.28 bits per heavy atom. The maximum atomic E-state index is 13.0. The first-order valence-electron chi connectivity index (χ1n) is 6.45. The van der Waals surface area contributed by atoms with Gasteiger partial charge in [-0.15, -0.1) is 0 Å². The number of hydrogen-bond acceptors (Lipinski definition) is 3. The van der Waals surface area contributed by atoms with Crippen molar-refractivity contribution < 1.29 is 9.50 Å². The predicted octanol–water partition coefficient (Wildman–Crippen LogP) is 1.72. The van der Waals surface area contributed by atoms with Crippen LogP contribution in [0.1, 0.15) is 13.3 Å². The molecule has 0 spiro atoms. The van der Waals surface area contributed by atoms with Gasteiger partial charge in [0.15, 0.2) is 0 Å². The van der Waals surface area contributed by atoms with Gasteiger partial charge in [-0.2, -0.15) is 0 Å². The van der Waals surface area contributed by atoms with Crippen molar-refractivity contribution in [2.24, 2.45) is 0 Å². The van der Waals surface area contributed by atoms with E-state index in [1.807, 2.05) is 12.1 Å². The lowest BCUT2D eigenvalue weighted by Crippen LogP contribution is -2.56. The van der Waals surface area contributed by atoms with Crippen molar-refractivity contribution in [3.63, 3.8) is 0 Å². The Hall–Kier alpha value is -1.13. The number of halogens is 1. The molecular weight excluding hydrogens is 231 g/mol. The minimum atomic E-state index is -0.201. The van der Waals surface area contributed by atoms with E-state index in [1.165, 1.54) is 12.1 Å². The first kappa shape index (κ1) is 13.3. The van der Waals surface area contributed by atoms with E-state index in [0.29, 0.717) is 12.1 Å². The van der Waals surface area contributed by atoms with Crippen LogP contribution < -0.4 is 4.90 Å². The van der Waals surface area contributed by atoms with Crippen molar-refractivity contribution in [2.75, 3.05) is 31.6 Å². The molecule has 18 heavy (non-hydrogen) atoms. The van der Waals surface area contributed by atoms with Crippen LogP contribution in [0, 0.1) is 5.82 Å². The molecule has 1 aromatic carbocycles. The Morgan fingerprint density at radius 3 is 2.56 bits per heavy atom. The van der Waals surface area contributed by atoms with Gasteiger partial charge in [-0.25, -0.2) is 4.39 Å². The van der Waals surface area contributed by atoms with E-state index in [9.17, 15) is 4.39 Å². The topological polar surface area (TPSA) is 26.7 Å². The summed E-state index contributed by atoms with van der Waals surface area (Å²) in [7, 11) is 2.10. The van der Waals surface area contributed by atoms with Crippen LogP contribution in [0.5, 0.6) is 0 Å². The molecule has 0 aromatic heterocycles. The largest absolute Gasteiger partial charge is 0.396 e. The molecule has 1 N–H and O–H groups in total. The minimum absolute atomic E-state index is 0.201. The Balaban J connectivity index is 2.13. The van der Waals surface area contributed by atoms with Gasteiger partial charge in [0.05, 0.1) is 0 Å². The van der Waals surface area contributed by atoms with Crippen LogP contribution in [0.25, 0.3) is 0 Å². The molecule has 4 heteroatoms. The molecule has 1 aromatic rings. The third-order valence-corrected chi connectivity index (χ3v) is 3.74. The first-order chi connectivity index (χ1) is 8.61. The summed E-state index contributed by atoms with van der Waals surface area (Å²) < 4.78 is 13.0. The summed E-state index contributed by atoms with van der Waals surface area (Å²) in [6.45, 7) is 4.22. The average molecular weight is 252 g/mol. The smallest absolute Gasteiger partial charge is 0.123 e. The number of anilines is 1. The molecule has 1 heterocycles. The molecule has 2 atom stereocenters. The van der Waals surface area contributed by atoms with E-state index in [-0.39, 0.29) is 12.4 Å². The highest BCUT2D eigenvalue weighted by Gasteiger charge is 2.28. The van der Waals surface area contributed by atoms with Gasteiger partial charge in [-0.05, 0) is 44.7 Å². The van der Waals surface area contributed by atoms with E-state index in [0.717, 1.165) is 25.2 Å². The second kappa shape index (κ2) is 5.67. The third kappa shape index (κ3) is 2.82. The van der Waals surface area contributed by atoms with Crippen LogP contribution in [0.15, 0.2) is 24.3 Å². The molecule has 1 saturated heterocycles. The van der Waals surface area contributed by atoms with Gasteiger partial charge in [-0.1, -0.05) is 0 Å². The summed E-state index contributed by atoms with van der Waals surface area (Å²) in [5.41, 5.74) is 1.06. The van der Waals surface area contributed by atoms with Gasteiger partial charge in [0.1, 0.15) is 5.82 Å². The molecule has 0 aliphatic carbocycles. The lowest BCUT2D eigenvalue weighted by atomic mass is 10.0. The molecule has 3 nitrogen and oxygen atoms in total. The monoisotopic (exact) mass is 252 g/mol. The average Bonchev–Trinajstić information content (AvgIpc) is 2.34. The summed E-state index contributed by atoms with van der Waals surface area (Å²) >= 11 is 0. The van der Waals surface area contributed by atoms with Gasteiger partial charge in [0.25, 0.3) is 0 Å². The number of hydrogen-bond donors (Lipinski definition) is 1. The lowest BCUT2D eigenvalue weighted by molar-refractivity contribution is 0.154. The maximum absolute atomic E-state index is 13.0. The van der Waals surface area contributed by atoms with E-state index in [4.69, 9.17) is 5.11 Å². The van der Waals surface area contributed by atoms with Gasteiger partial charge in [-0.3, -0.25) is 4.90 Å². The zero-order chi connectivity index (χ0) is 13.1. The fourth-order valence-corrected chi connectivity index (χ4v) is 2.66. The number of aliphatic hydroxyl groups excluding tert-OH is 1. The molecule has 100 valence electrons. The fourth-order valence-electron chi connectivity index (χ4n) is 2.66. The number of likely N-dealkylation sites (N-methyl/N-ethyl adjacent to an activating group) is 1. The Morgan fingerprint density at radius 2 is 1.94 bits per heavy atom. The number of piperazine rings is 1. The Kier molecular flexibility index (Phi) is 4.19. The van der Waals surface area contributed by atoms with Crippen LogP contribution in [-0.2, 0) is 0 Å². The molecule has 1 aliphatic heterocycles. The molecule has 1 aliphatic rings. The highest BCUT2D eigenvalue weighted by Crippen LogP contribution is 2.23. The maximum Gasteiger partial charge on any atom is 0.123 e. The van der Waals surface area contributed by atoms with E-state index in [2.05, 4.69) is 23.8 Å². The van der Waals surface area contributed by atoms with Gasteiger partial charge in [0, 0.05) is 37.5 Å². The zero-order valence-electron chi connectivity index (χ0n) is 11.0. The Bertz CT molecular complexity index is 382. The third-order valence-electron chi connectivity index (χ3n) is 3.74. The first-order valence-corrected chi connectivity index (χ1v) is 6.45. The summed E-state index contributed by atoms with van der Waals surface area (Å²) in [6.07, 6.45) is 0.779. The summed E-state index contributed by atoms with van der Waals surface area (Å²) in [6, 6.07) is 7.41. The Labute approximate surface area is 108 Å². The van der Waals surface area contributed by atoms with Crippen molar-refractivity contribution in [2.45, 2.75) is 25.4 Å². The summed E-state index contributed by atoms with van der Waals surface area (Å²) in [4.78, 5) is 4.58. The van der Waals surface area contributed by atoms with E-state index >= 15 is 0 Å². The van der Waals surface area contributed by atoms with Crippen LogP contribution in [0.2, 0.25) is 0 Å². The van der Waals surface area contributed by atoms with Crippen LogP contribution >= 0.6 is 0 Å². The standard InChI is InChI=1S/C14H21FN2O/c1-11-9-16(2)14(7-8-18)10-17(11)13-5-3-12(15)4-6-13/h3-6,11,14,18H,7-10H2,1-2H3. The molecular formula is C14H21FN2O. The number of rotatable bonds is 3. The highest BCUT2D eigenvalue weighted by atomic mass is 19.1. The number of nitrogens with zero attached hydrogens (tertiary/aromatic N) is 2. The second-order valence-corrected chi connectivity index (χ2v) is 5.08. The number of benzene rings is 1. The van der Waals surface area contributed by atoms with E-state index in [1.54, 1.807) is 0 Å². The minimum Gasteiger partial charge on any atom is -0.396 e. The van der Waals surface area contributed by atoms with Crippen molar-refractivity contribution in [3.8, 4) is 0 Å². The molecule has 0 saturated carbocycles. The molecule has 1 fully saturated rings. The molecule has 2 rings (SSSR count). The van der Waals surface area contributed by atoms with Crippen LogP contribution in [-0.4, -0.2) is 48.8 Å². The molecule has 0 amide bonds. The lowest BCUT2D eigenvalue weighted by Gasteiger charge is -2.45. The second-order valence-electron chi connectivity index (χ2n) is 5.08. The van der Waals surface area contributed by atoms with Crippen LogP contribution in [0.4, 0.5) is 10.1 Å². The fraction of sp³-hybridized carbons (Fsp3) is 0.571. The van der Waals surface area contributed by atoms with Gasteiger partial charge in [0.2, 0.25) is 0 Å². The normalized spacial score (nSPS) is 25.4.